The standard InChI is InChI=1S/C15H11ClF3NO2S/c16-12-7-10(3-6-13(12)17)22-8-14(21)20-9-1-4-11(5-2-9)23-15(18)19/h1-7,15H,8H2,(H,20,21). The fourth-order valence-electron chi connectivity index (χ4n) is 1.63. The van der Waals surface area contributed by atoms with E-state index in [0.717, 1.165) is 6.07 Å². The van der Waals surface area contributed by atoms with Crippen molar-refractivity contribution < 1.29 is 22.7 Å². The van der Waals surface area contributed by atoms with E-state index in [0.29, 0.717) is 22.3 Å². The number of ether oxygens (including phenoxy) is 1. The summed E-state index contributed by atoms with van der Waals surface area (Å²) in [7, 11) is 0. The second-order valence-electron chi connectivity index (χ2n) is 4.32. The molecule has 0 aromatic heterocycles. The van der Waals surface area contributed by atoms with Crippen molar-refractivity contribution in [3.63, 3.8) is 0 Å². The first kappa shape index (κ1) is 17.5. The molecule has 122 valence electrons. The molecule has 2 aromatic rings. The molecule has 3 nitrogen and oxygen atoms in total. The van der Waals surface area contributed by atoms with Gasteiger partial charge in [0, 0.05) is 16.6 Å². The Morgan fingerprint density at radius 1 is 1.22 bits per heavy atom. The van der Waals surface area contributed by atoms with Crippen LogP contribution in [0.25, 0.3) is 0 Å². The Labute approximate surface area is 139 Å². The Hall–Kier alpha value is -1.86. The van der Waals surface area contributed by atoms with Crippen LogP contribution in [0.3, 0.4) is 0 Å². The van der Waals surface area contributed by atoms with Crippen LogP contribution in [0.1, 0.15) is 0 Å². The van der Waals surface area contributed by atoms with Gasteiger partial charge >= 0.3 is 0 Å². The zero-order valence-corrected chi connectivity index (χ0v) is 13.1. The van der Waals surface area contributed by atoms with Crippen LogP contribution in [0.4, 0.5) is 18.9 Å². The number of amides is 1. The van der Waals surface area contributed by atoms with Crippen LogP contribution in [-0.4, -0.2) is 18.3 Å². The predicted octanol–water partition coefficient (Wildman–Crippen LogP) is 4.81. The summed E-state index contributed by atoms with van der Waals surface area (Å²) < 4.78 is 42.5. The molecule has 0 radical (unpaired) electrons. The van der Waals surface area contributed by atoms with Gasteiger partial charge in [-0.1, -0.05) is 23.4 Å². The number of hydrogen-bond acceptors (Lipinski definition) is 3. The zero-order chi connectivity index (χ0) is 16.8. The number of anilines is 1. The quantitative estimate of drug-likeness (QED) is 0.750. The first-order chi connectivity index (χ1) is 10.9. The van der Waals surface area contributed by atoms with Gasteiger partial charge in [0.05, 0.1) is 5.02 Å². The maximum Gasteiger partial charge on any atom is 0.288 e. The molecule has 0 saturated carbocycles. The Kier molecular flexibility index (Phi) is 6.18. The highest BCUT2D eigenvalue weighted by molar-refractivity contribution is 7.99. The van der Waals surface area contributed by atoms with E-state index in [1.165, 1.54) is 36.4 Å². The van der Waals surface area contributed by atoms with Crippen molar-refractivity contribution in [3.8, 4) is 5.75 Å². The summed E-state index contributed by atoms with van der Waals surface area (Å²) >= 11 is 6.02. The van der Waals surface area contributed by atoms with Crippen LogP contribution in [-0.2, 0) is 4.79 Å². The van der Waals surface area contributed by atoms with Gasteiger partial charge in [0.1, 0.15) is 11.6 Å². The van der Waals surface area contributed by atoms with Crippen LogP contribution in [0.15, 0.2) is 47.4 Å². The Morgan fingerprint density at radius 3 is 2.52 bits per heavy atom. The first-order valence-electron chi connectivity index (χ1n) is 6.36. The molecule has 1 amide bonds. The fraction of sp³-hybridized carbons (Fsp3) is 0.133. The molecule has 0 aliphatic rings. The molecule has 0 atom stereocenters. The lowest BCUT2D eigenvalue weighted by Crippen LogP contribution is -2.20. The number of thioether (sulfide) groups is 1. The van der Waals surface area contributed by atoms with Crippen molar-refractivity contribution in [1.29, 1.82) is 0 Å². The van der Waals surface area contributed by atoms with Crippen LogP contribution in [0, 0.1) is 5.82 Å². The van der Waals surface area contributed by atoms with Gasteiger partial charge in [-0.25, -0.2) is 4.39 Å². The summed E-state index contributed by atoms with van der Waals surface area (Å²) in [6, 6.07) is 9.73. The van der Waals surface area contributed by atoms with Gasteiger partial charge < -0.3 is 10.1 Å². The fourth-order valence-corrected chi connectivity index (χ4v) is 2.30. The predicted molar refractivity (Wildman–Crippen MR) is 83.8 cm³/mol. The Balaban J connectivity index is 1.85. The van der Waals surface area contributed by atoms with Gasteiger partial charge in [0.2, 0.25) is 0 Å². The van der Waals surface area contributed by atoms with Crippen LogP contribution < -0.4 is 10.1 Å². The van der Waals surface area contributed by atoms with Crippen molar-refractivity contribution in [1.82, 2.24) is 0 Å². The highest BCUT2D eigenvalue weighted by Crippen LogP contribution is 2.26. The van der Waals surface area contributed by atoms with Gasteiger partial charge in [-0.3, -0.25) is 4.79 Å². The maximum atomic E-state index is 13.0. The van der Waals surface area contributed by atoms with E-state index in [4.69, 9.17) is 16.3 Å². The molecule has 8 heteroatoms. The molecular formula is C15H11ClF3NO2S. The maximum absolute atomic E-state index is 13.0. The minimum Gasteiger partial charge on any atom is -0.484 e. The van der Waals surface area contributed by atoms with Gasteiger partial charge in [-0.15, -0.1) is 0 Å². The lowest BCUT2D eigenvalue weighted by atomic mass is 10.3. The van der Waals surface area contributed by atoms with E-state index in [1.54, 1.807) is 0 Å². The van der Waals surface area contributed by atoms with Crippen molar-refractivity contribution >= 4 is 35.0 Å². The highest BCUT2D eigenvalue weighted by atomic mass is 35.5. The van der Waals surface area contributed by atoms with Crippen molar-refractivity contribution in [2.24, 2.45) is 0 Å². The van der Waals surface area contributed by atoms with E-state index in [1.807, 2.05) is 0 Å². The molecule has 1 N–H and O–H groups in total. The van der Waals surface area contributed by atoms with Crippen LogP contribution in [0.2, 0.25) is 5.02 Å². The number of alkyl halides is 2. The van der Waals surface area contributed by atoms with Crippen molar-refractivity contribution in [2.75, 3.05) is 11.9 Å². The van der Waals surface area contributed by atoms with Crippen LogP contribution in [0.5, 0.6) is 5.75 Å². The summed E-state index contributed by atoms with van der Waals surface area (Å²) in [6.07, 6.45) is 0. The second-order valence-corrected chi connectivity index (χ2v) is 5.79. The SMILES string of the molecule is O=C(COc1ccc(F)c(Cl)c1)Nc1ccc(SC(F)F)cc1. The van der Waals surface area contributed by atoms with Crippen molar-refractivity contribution in [3.05, 3.63) is 53.3 Å². The van der Waals surface area contributed by atoms with Gasteiger partial charge in [0.25, 0.3) is 11.7 Å². The Morgan fingerprint density at radius 2 is 1.91 bits per heavy atom. The molecule has 23 heavy (non-hydrogen) atoms. The summed E-state index contributed by atoms with van der Waals surface area (Å²) in [5, 5.41) is 2.45. The molecular weight excluding hydrogens is 351 g/mol. The van der Waals surface area contributed by atoms with E-state index in [2.05, 4.69) is 5.32 Å². The number of benzene rings is 2. The molecule has 0 heterocycles. The zero-order valence-electron chi connectivity index (χ0n) is 11.6. The number of hydrogen-bond donors (Lipinski definition) is 1. The molecule has 0 bridgehead atoms. The lowest BCUT2D eigenvalue weighted by Gasteiger charge is -2.08. The van der Waals surface area contributed by atoms with Crippen molar-refractivity contribution in [2.45, 2.75) is 10.7 Å². The third-order valence-corrected chi connectivity index (χ3v) is 3.64. The largest absolute Gasteiger partial charge is 0.484 e. The summed E-state index contributed by atoms with van der Waals surface area (Å²) in [5.74, 6) is -3.26. The molecule has 0 aliphatic carbocycles. The van der Waals surface area contributed by atoms with E-state index >= 15 is 0 Å². The molecule has 0 saturated heterocycles. The molecule has 0 spiro atoms. The van der Waals surface area contributed by atoms with E-state index in [9.17, 15) is 18.0 Å². The van der Waals surface area contributed by atoms with Gasteiger partial charge in [-0.2, -0.15) is 8.78 Å². The molecule has 0 aliphatic heterocycles. The van der Waals surface area contributed by atoms with Crippen LogP contribution >= 0.6 is 23.4 Å². The number of rotatable bonds is 6. The smallest absolute Gasteiger partial charge is 0.288 e. The highest BCUT2D eigenvalue weighted by Gasteiger charge is 2.08. The minimum atomic E-state index is -2.49. The van der Waals surface area contributed by atoms with E-state index in [-0.39, 0.29) is 17.4 Å². The first-order valence-corrected chi connectivity index (χ1v) is 7.62. The molecule has 0 unspecified atom stereocenters. The number of nitrogens with one attached hydrogen (secondary N) is 1. The average Bonchev–Trinajstić information content (AvgIpc) is 2.50. The third kappa shape index (κ3) is 5.69. The van der Waals surface area contributed by atoms with Gasteiger partial charge in [0.15, 0.2) is 6.61 Å². The molecule has 2 rings (SSSR count). The Bertz CT molecular complexity index is 683. The summed E-state index contributed by atoms with van der Waals surface area (Å²) in [5.41, 5.74) is 0.453. The second kappa shape index (κ2) is 8.12. The minimum absolute atomic E-state index is 0.102. The normalized spacial score (nSPS) is 10.7. The van der Waals surface area contributed by atoms with E-state index < -0.39 is 17.5 Å². The molecule has 0 fully saturated rings. The number of halogens is 4. The number of carbonyl (C=O) groups excluding carboxylic acids is 1. The number of carbonyl (C=O) groups is 1. The lowest BCUT2D eigenvalue weighted by molar-refractivity contribution is -0.118. The monoisotopic (exact) mass is 361 g/mol. The third-order valence-electron chi connectivity index (χ3n) is 2.62. The molecule has 2 aromatic carbocycles. The topological polar surface area (TPSA) is 38.3 Å². The average molecular weight is 362 g/mol. The summed E-state index contributed by atoms with van der Waals surface area (Å²) in [6.45, 7) is -0.296. The summed E-state index contributed by atoms with van der Waals surface area (Å²) in [4.78, 5) is 12.1. The van der Waals surface area contributed by atoms with Gasteiger partial charge in [-0.05, 0) is 36.4 Å².